The Hall–Kier alpha value is -1.62. The lowest BCUT2D eigenvalue weighted by atomic mass is 9.98. The quantitative estimate of drug-likeness (QED) is 0.754. The van der Waals surface area contributed by atoms with Crippen LogP contribution < -0.4 is 11.1 Å². The van der Waals surface area contributed by atoms with Crippen molar-refractivity contribution in [1.29, 1.82) is 0 Å². The van der Waals surface area contributed by atoms with Crippen LogP contribution in [0.2, 0.25) is 0 Å². The lowest BCUT2D eigenvalue weighted by molar-refractivity contribution is -0.120. The van der Waals surface area contributed by atoms with Crippen molar-refractivity contribution in [2.45, 2.75) is 51.0 Å². The molecule has 0 radical (unpaired) electrons. The summed E-state index contributed by atoms with van der Waals surface area (Å²) in [6, 6.07) is 3.54. The summed E-state index contributed by atoms with van der Waals surface area (Å²) in [5, 5.41) is 2.89. The Balaban J connectivity index is 1.53. The van der Waals surface area contributed by atoms with E-state index in [9.17, 15) is 4.79 Å². The lowest BCUT2D eigenvalue weighted by Crippen LogP contribution is -2.27. The predicted molar refractivity (Wildman–Crippen MR) is 82.8 cm³/mol. The van der Waals surface area contributed by atoms with E-state index in [1.54, 1.807) is 18.3 Å². The third-order valence-corrected chi connectivity index (χ3v) is 3.74. The summed E-state index contributed by atoms with van der Waals surface area (Å²) >= 11 is 0. The van der Waals surface area contributed by atoms with Crippen LogP contribution in [0, 0.1) is 0 Å². The molecule has 1 aliphatic rings. The number of nitrogens with two attached hydrogens (primary N) is 1. The first-order valence-corrected chi connectivity index (χ1v) is 7.83. The van der Waals surface area contributed by atoms with Crippen LogP contribution in [0.4, 0.5) is 5.69 Å². The highest BCUT2D eigenvalue weighted by Gasteiger charge is 2.13. The van der Waals surface area contributed by atoms with Crippen LogP contribution in [0.3, 0.4) is 0 Å². The summed E-state index contributed by atoms with van der Waals surface area (Å²) in [5.74, 6) is -0.00932. The smallest absolute Gasteiger partial charge is 0.226 e. The van der Waals surface area contributed by atoms with E-state index in [-0.39, 0.29) is 5.91 Å². The van der Waals surface area contributed by atoms with Gasteiger partial charge in [0, 0.05) is 18.8 Å². The highest BCUT2D eigenvalue weighted by Crippen LogP contribution is 2.20. The average Bonchev–Trinajstić information content (AvgIpc) is 2.50. The molecule has 5 nitrogen and oxygen atoms in total. The molecule has 0 aromatic carbocycles. The van der Waals surface area contributed by atoms with E-state index in [1.165, 1.54) is 32.1 Å². The number of hydrogen-bond acceptors (Lipinski definition) is 4. The van der Waals surface area contributed by atoms with Crippen molar-refractivity contribution in [3.63, 3.8) is 0 Å². The number of rotatable bonds is 7. The fourth-order valence-electron chi connectivity index (χ4n) is 2.55. The Bertz CT molecular complexity index is 428. The number of aromatic nitrogens is 1. The van der Waals surface area contributed by atoms with E-state index >= 15 is 0 Å². The molecule has 0 atom stereocenters. The Labute approximate surface area is 126 Å². The molecule has 1 amide bonds. The zero-order valence-electron chi connectivity index (χ0n) is 12.5. The second-order valence-corrected chi connectivity index (χ2v) is 5.59. The normalized spacial score (nSPS) is 15.8. The Kier molecular flexibility index (Phi) is 6.47. The van der Waals surface area contributed by atoms with Crippen molar-refractivity contribution in [1.82, 2.24) is 10.3 Å². The molecular formula is C16H25N3O2. The zero-order valence-corrected chi connectivity index (χ0v) is 12.5. The first-order chi connectivity index (χ1) is 10.2. The number of anilines is 1. The molecule has 1 aliphatic carbocycles. The average molecular weight is 291 g/mol. The summed E-state index contributed by atoms with van der Waals surface area (Å²) in [5.41, 5.74) is 6.90. The molecule has 116 valence electrons. The first-order valence-electron chi connectivity index (χ1n) is 7.83. The molecule has 0 aliphatic heterocycles. The van der Waals surface area contributed by atoms with Crippen LogP contribution >= 0.6 is 0 Å². The summed E-state index contributed by atoms with van der Waals surface area (Å²) in [7, 11) is 0. The maximum Gasteiger partial charge on any atom is 0.226 e. The SMILES string of the molecule is Nc1ccc(CC(=O)NCCCOC2CCCCC2)nc1. The number of carbonyl (C=O) groups is 1. The highest BCUT2D eigenvalue weighted by atomic mass is 16.5. The number of pyridine rings is 1. The first kappa shape index (κ1) is 15.8. The van der Waals surface area contributed by atoms with E-state index in [1.807, 2.05) is 0 Å². The van der Waals surface area contributed by atoms with Crippen molar-refractivity contribution in [2.24, 2.45) is 0 Å². The number of nitrogens with zero attached hydrogens (tertiary/aromatic N) is 1. The minimum Gasteiger partial charge on any atom is -0.397 e. The van der Waals surface area contributed by atoms with E-state index in [0.29, 0.717) is 24.8 Å². The number of ether oxygens (including phenoxy) is 1. The molecule has 2 rings (SSSR count). The molecule has 1 heterocycles. The van der Waals surface area contributed by atoms with Crippen LogP contribution in [0.15, 0.2) is 18.3 Å². The van der Waals surface area contributed by atoms with Gasteiger partial charge < -0.3 is 15.8 Å². The summed E-state index contributed by atoms with van der Waals surface area (Å²) in [6.07, 6.45) is 9.46. The molecule has 3 N–H and O–H groups in total. The van der Waals surface area contributed by atoms with Gasteiger partial charge in [0.15, 0.2) is 0 Å². The van der Waals surface area contributed by atoms with Gasteiger partial charge in [0.25, 0.3) is 0 Å². The van der Waals surface area contributed by atoms with Gasteiger partial charge in [-0.2, -0.15) is 0 Å². The molecule has 5 heteroatoms. The van der Waals surface area contributed by atoms with Crippen LogP contribution in [0.1, 0.15) is 44.2 Å². The minimum absolute atomic E-state index is 0.00932. The van der Waals surface area contributed by atoms with E-state index < -0.39 is 0 Å². The van der Waals surface area contributed by atoms with Crippen molar-refractivity contribution < 1.29 is 9.53 Å². The third kappa shape index (κ3) is 6.12. The fourth-order valence-corrected chi connectivity index (χ4v) is 2.55. The molecule has 1 fully saturated rings. The Morgan fingerprint density at radius 1 is 1.33 bits per heavy atom. The van der Waals surface area contributed by atoms with Crippen LogP contribution in [0.25, 0.3) is 0 Å². The monoisotopic (exact) mass is 291 g/mol. The van der Waals surface area contributed by atoms with Gasteiger partial charge in [-0.05, 0) is 31.4 Å². The van der Waals surface area contributed by atoms with Gasteiger partial charge in [0.05, 0.1) is 24.4 Å². The molecule has 0 saturated heterocycles. The van der Waals surface area contributed by atoms with Gasteiger partial charge in [-0.15, -0.1) is 0 Å². The summed E-state index contributed by atoms with van der Waals surface area (Å²) < 4.78 is 5.82. The largest absolute Gasteiger partial charge is 0.397 e. The minimum atomic E-state index is -0.00932. The van der Waals surface area contributed by atoms with Crippen molar-refractivity contribution in [3.8, 4) is 0 Å². The number of hydrogen-bond donors (Lipinski definition) is 2. The van der Waals surface area contributed by atoms with Crippen molar-refractivity contribution >= 4 is 11.6 Å². The maximum absolute atomic E-state index is 11.7. The van der Waals surface area contributed by atoms with Gasteiger partial charge >= 0.3 is 0 Å². The maximum atomic E-state index is 11.7. The van der Waals surface area contributed by atoms with Gasteiger partial charge in [0.1, 0.15) is 0 Å². The standard InChI is InChI=1S/C16H25N3O2/c17-13-7-8-14(19-12-13)11-16(20)18-9-4-10-21-15-5-2-1-3-6-15/h7-8,12,15H,1-6,9-11,17H2,(H,18,20). The molecule has 0 bridgehead atoms. The van der Waals surface area contributed by atoms with Crippen LogP contribution in [-0.4, -0.2) is 30.1 Å². The van der Waals surface area contributed by atoms with Gasteiger partial charge in [-0.25, -0.2) is 0 Å². The molecule has 0 unspecified atom stereocenters. The lowest BCUT2D eigenvalue weighted by Gasteiger charge is -2.21. The summed E-state index contributed by atoms with van der Waals surface area (Å²) in [6.45, 7) is 1.38. The predicted octanol–water partition coefficient (Wildman–Crippen LogP) is 2.06. The molecule has 1 aromatic rings. The number of carbonyl (C=O) groups excluding carboxylic acids is 1. The Morgan fingerprint density at radius 2 is 2.14 bits per heavy atom. The van der Waals surface area contributed by atoms with Gasteiger partial charge in [0.2, 0.25) is 5.91 Å². The second kappa shape index (κ2) is 8.62. The fraction of sp³-hybridized carbons (Fsp3) is 0.625. The molecule has 0 spiro atoms. The van der Waals surface area contributed by atoms with Crippen molar-refractivity contribution in [2.75, 3.05) is 18.9 Å². The zero-order chi connectivity index (χ0) is 14.9. The van der Waals surface area contributed by atoms with Crippen molar-refractivity contribution in [3.05, 3.63) is 24.0 Å². The molecular weight excluding hydrogens is 266 g/mol. The second-order valence-electron chi connectivity index (χ2n) is 5.59. The third-order valence-electron chi connectivity index (χ3n) is 3.74. The van der Waals surface area contributed by atoms with Gasteiger partial charge in [-0.3, -0.25) is 9.78 Å². The Morgan fingerprint density at radius 3 is 2.86 bits per heavy atom. The molecule has 21 heavy (non-hydrogen) atoms. The number of amides is 1. The van der Waals surface area contributed by atoms with E-state index in [4.69, 9.17) is 10.5 Å². The molecule has 1 saturated carbocycles. The number of nitrogen functional groups attached to an aromatic ring is 1. The highest BCUT2D eigenvalue weighted by molar-refractivity contribution is 5.78. The van der Waals surface area contributed by atoms with E-state index in [0.717, 1.165) is 18.7 Å². The molecule has 1 aromatic heterocycles. The summed E-state index contributed by atoms with van der Waals surface area (Å²) in [4.78, 5) is 15.9. The van der Waals surface area contributed by atoms with E-state index in [2.05, 4.69) is 10.3 Å². The van der Waals surface area contributed by atoms with Crippen LogP contribution in [0.5, 0.6) is 0 Å². The van der Waals surface area contributed by atoms with Gasteiger partial charge in [-0.1, -0.05) is 19.3 Å². The topological polar surface area (TPSA) is 77.2 Å². The van der Waals surface area contributed by atoms with Crippen LogP contribution in [-0.2, 0) is 16.0 Å². The number of nitrogens with one attached hydrogen (secondary N) is 1.